The maximum absolute atomic E-state index is 6.51. The summed E-state index contributed by atoms with van der Waals surface area (Å²) in [7, 11) is -2.95. The number of benzene rings is 6. The van der Waals surface area contributed by atoms with Crippen LogP contribution in [0.3, 0.4) is 0 Å². The number of hydrogen-bond acceptors (Lipinski definition) is 4. The number of fused-ring (bicyclic) bond motifs is 6. The Labute approximate surface area is 316 Å². The van der Waals surface area contributed by atoms with Crippen LogP contribution in [0.25, 0.3) is 33.2 Å². The third-order valence-corrected chi connectivity index (χ3v) is 16.0. The van der Waals surface area contributed by atoms with Crippen molar-refractivity contribution >= 4 is 68.0 Å². The Kier molecular flexibility index (Phi) is 7.46. The summed E-state index contributed by atoms with van der Waals surface area (Å²) in [4.78, 5) is 12.3. The van der Waals surface area contributed by atoms with E-state index in [-0.39, 0.29) is 5.41 Å². The first-order valence-corrected chi connectivity index (χ1v) is 20.5. The van der Waals surface area contributed by atoms with Crippen molar-refractivity contribution in [3.8, 4) is 11.3 Å². The first kappa shape index (κ1) is 32.1. The largest absolute Gasteiger partial charge is 0.456 e. The van der Waals surface area contributed by atoms with E-state index in [9.17, 15) is 0 Å². The minimum Gasteiger partial charge on any atom is -0.456 e. The fraction of sp³-hybridized carbons (Fsp3) is 0.0612. The number of furan rings is 1. The van der Waals surface area contributed by atoms with Gasteiger partial charge >= 0.3 is 0 Å². The van der Waals surface area contributed by atoms with E-state index in [1.165, 1.54) is 31.9 Å². The predicted molar refractivity (Wildman–Crippen MR) is 225 cm³/mol. The van der Waals surface area contributed by atoms with Crippen molar-refractivity contribution in [3.63, 3.8) is 0 Å². The molecule has 0 saturated carbocycles. The highest BCUT2D eigenvalue weighted by molar-refractivity contribution is 7.20. The second-order valence-corrected chi connectivity index (χ2v) is 18.4. The molecule has 0 fully saturated rings. The lowest BCUT2D eigenvalue weighted by molar-refractivity contribution is 0.627. The molecule has 0 amide bonds. The predicted octanol–water partition coefficient (Wildman–Crippen LogP) is 9.53. The Morgan fingerprint density at radius 1 is 0.519 bits per heavy atom. The molecule has 1 aliphatic heterocycles. The third kappa shape index (κ3) is 4.82. The highest BCUT2D eigenvalue weighted by atomic mass is 28.3. The molecule has 9 aromatic rings. The van der Waals surface area contributed by atoms with Gasteiger partial charge in [-0.05, 0) is 68.8 Å². The van der Waals surface area contributed by atoms with E-state index in [4.69, 9.17) is 14.4 Å². The molecule has 0 spiro atoms. The van der Waals surface area contributed by atoms with Crippen LogP contribution < -0.4 is 25.6 Å². The van der Waals surface area contributed by atoms with Gasteiger partial charge in [0.15, 0.2) is 8.07 Å². The number of rotatable bonds is 6. The molecule has 10 rings (SSSR count). The van der Waals surface area contributed by atoms with E-state index >= 15 is 0 Å². The molecule has 0 aliphatic carbocycles. The lowest BCUT2D eigenvalue weighted by Crippen LogP contribution is -2.74. The normalized spacial score (nSPS) is 13.5. The first-order chi connectivity index (χ1) is 26.5. The number of aromatic nitrogens is 2. The van der Waals surface area contributed by atoms with E-state index in [0.717, 1.165) is 50.4 Å². The molecule has 5 heteroatoms. The van der Waals surface area contributed by atoms with Crippen molar-refractivity contribution in [2.24, 2.45) is 0 Å². The van der Waals surface area contributed by atoms with Crippen LogP contribution in [-0.4, -0.2) is 18.0 Å². The molecule has 0 N–H and O–H groups in total. The zero-order chi connectivity index (χ0) is 36.3. The third-order valence-electron chi connectivity index (χ3n) is 11.3. The van der Waals surface area contributed by atoms with Crippen LogP contribution in [0.2, 0.25) is 0 Å². The molecule has 4 heterocycles. The summed E-state index contributed by atoms with van der Waals surface area (Å²) in [6, 6.07) is 63.7. The van der Waals surface area contributed by atoms with Crippen molar-refractivity contribution in [2.45, 2.75) is 19.3 Å². The average Bonchev–Trinajstić information content (AvgIpc) is 3.62. The molecule has 4 nitrogen and oxygen atoms in total. The molecule has 6 aromatic carbocycles. The van der Waals surface area contributed by atoms with Crippen molar-refractivity contribution in [1.29, 1.82) is 0 Å². The minimum absolute atomic E-state index is 0.294. The molecule has 0 atom stereocenters. The van der Waals surface area contributed by atoms with Gasteiger partial charge in [-0.15, -0.1) is 0 Å². The number of pyridine rings is 2. The van der Waals surface area contributed by atoms with E-state index in [1.54, 1.807) is 0 Å². The van der Waals surface area contributed by atoms with Crippen molar-refractivity contribution in [2.75, 3.05) is 4.90 Å². The first-order valence-electron chi connectivity index (χ1n) is 18.5. The van der Waals surface area contributed by atoms with Crippen molar-refractivity contribution in [1.82, 2.24) is 9.97 Å². The van der Waals surface area contributed by atoms with Gasteiger partial charge in [0.05, 0.1) is 16.8 Å². The van der Waals surface area contributed by atoms with E-state index in [2.05, 4.69) is 183 Å². The number of nitrogens with zero attached hydrogens (tertiary/aromatic N) is 3. The van der Waals surface area contributed by atoms with E-state index in [1.807, 2.05) is 24.5 Å². The van der Waals surface area contributed by atoms with Crippen LogP contribution in [0.4, 0.5) is 17.2 Å². The van der Waals surface area contributed by atoms with Crippen LogP contribution in [-0.2, 0) is 5.41 Å². The fourth-order valence-corrected chi connectivity index (χ4v) is 13.6. The van der Waals surface area contributed by atoms with Gasteiger partial charge in [-0.25, -0.2) is 4.98 Å². The zero-order valence-electron chi connectivity index (χ0n) is 30.1. The maximum Gasteiger partial charge on any atom is 0.179 e. The summed E-state index contributed by atoms with van der Waals surface area (Å²) in [5.74, 6) is 0.939. The fourth-order valence-electron chi connectivity index (χ4n) is 8.80. The second-order valence-electron chi connectivity index (χ2n) is 14.6. The lowest BCUT2D eigenvalue weighted by Gasteiger charge is -2.42. The molecule has 54 heavy (non-hydrogen) atoms. The SMILES string of the molecule is CC1(C)c2cccnc2N(c2cccc([Si](c3ccccc3)(c3ccccc3)c3cccc(-c4ccccn4)c3)c2)c2c1ccc1oc3ccccc3c21. The minimum atomic E-state index is -2.95. The van der Waals surface area contributed by atoms with Gasteiger partial charge in [-0.1, -0.05) is 147 Å². The highest BCUT2D eigenvalue weighted by Crippen LogP contribution is 2.54. The van der Waals surface area contributed by atoms with Gasteiger partial charge in [0, 0.05) is 40.0 Å². The van der Waals surface area contributed by atoms with Gasteiger partial charge in [0.1, 0.15) is 17.0 Å². The van der Waals surface area contributed by atoms with E-state index < -0.39 is 8.07 Å². The molecule has 3 aromatic heterocycles. The number of hydrogen-bond donors (Lipinski definition) is 0. The zero-order valence-corrected chi connectivity index (χ0v) is 31.1. The van der Waals surface area contributed by atoms with Crippen LogP contribution in [0.1, 0.15) is 25.0 Å². The van der Waals surface area contributed by atoms with Crippen LogP contribution >= 0.6 is 0 Å². The molecule has 0 unspecified atom stereocenters. The highest BCUT2D eigenvalue weighted by Gasteiger charge is 2.43. The Hall–Kier alpha value is -6.56. The molecular weight excluding hydrogens is 675 g/mol. The molecule has 258 valence electrons. The van der Waals surface area contributed by atoms with Gasteiger partial charge in [0.25, 0.3) is 0 Å². The Morgan fingerprint density at radius 2 is 1.19 bits per heavy atom. The Balaban J connectivity index is 1.29. The summed E-state index contributed by atoms with van der Waals surface area (Å²) in [6.45, 7) is 4.62. The number of anilines is 3. The number of para-hydroxylation sites is 1. The average molecular weight is 712 g/mol. The standard InChI is InChI=1S/C49H37N3OSi/c1-49(2)41-28-29-45-46(40-24-9-10-27-44(40)53-45)47(41)52(48-42(49)25-15-31-51-48)35-17-14-23-39(33-35)54(36-18-5-3-6-19-36,37-20-7-4-8-21-37)38-22-13-16-34(32-38)43-26-11-12-30-50-43/h3-33H,1-2H3. The molecular formula is C49H37N3OSi. The van der Waals surface area contributed by atoms with Gasteiger partial charge in [-0.2, -0.15) is 0 Å². The van der Waals surface area contributed by atoms with Crippen molar-refractivity contribution < 1.29 is 4.42 Å². The maximum atomic E-state index is 6.51. The molecule has 0 saturated heterocycles. The van der Waals surface area contributed by atoms with E-state index in [0.29, 0.717) is 0 Å². The Bertz CT molecular complexity index is 2770. The Morgan fingerprint density at radius 3 is 1.94 bits per heavy atom. The summed E-state index contributed by atoms with van der Waals surface area (Å²) >= 11 is 0. The monoisotopic (exact) mass is 711 g/mol. The summed E-state index contributed by atoms with van der Waals surface area (Å²) in [5, 5.41) is 7.41. The van der Waals surface area contributed by atoms with Crippen LogP contribution in [0.15, 0.2) is 193 Å². The smallest absolute Gasteiger partial charge is 0.179 e. The molecule has 0 radical (unpaired) electrons. The van der Waals surface area contributed by atoms with Gasteiger partial charge < -0.3 is 4.42 Å². The molecule has 0 bridgehead atoms. The second kappa shape index (κ2) is 12.5. The quantitative estimate of drug-likeness (QED) is 0.127. The van der Waals surface area contributed by atoms with Crippen LogP contribution in [0, 0.1) is 0 Å². The summed E-state index contributed by atoms with van der Waals surface area (Å²) < 4.78 is 6.51. The van der Waals surface area contributed by atoms with Gasteiger partial charge in [-0.3, -0.25) is 9.88 Å². The summed E-state index contributed by atoms with van der Waals surface area (Å²) in [5.41, 5.74) is 8.13. The summed E-state index contributed by atoms with van der Waals surface area (Å²) in [6.07, 6.45) is 3.79. The molecule has 1 aliphatic rings. The van der Waals surface area contributed by atoms with Crippen LogP contribution in [0.5, 0.6) is 0 Å². The lowest BCUT2D eigenvalue weighted by atomic mass is 9.74. The van der Waals surface area contributed by atoms with Crippen molar-refractivity contribution in [3.05, 3.63) is 199 Å². The topological polar surface area (TPSA) is 42.2 Å². The van der Waals surface area contributed by atoms with Gasteiger partial charge in [0.2, 0.25) is 0 Å².